The summed E-state index contributed by atoms with van der Waals surface area (Å²) in [5, 5.41) is 4.31. The molecule has 0 radical (unpaired) electrons. The van der Waals surface area contributed by atoms with E-state index >= 15 is 0 Å². The smallest absolute Gasteiger partial charge is 0.358 e. The number of hydrogen-bond donors (Lipinski definition) is 0. The maximum Gasteiger partial charge on any atom is 0.358 e. The van der Waals surface area contributed by atoms with Gasteiger partial charge in [-0.1, -0.05) is 24.3 Å². The lowest BCUT2D eigenvalue weighted by Gasteiger charge is -2.22. The lowest BCUT2D eigenvalue weighted by Crippen LogP contribution is -2.36. The van der Waals surface area contributed by atoms with Crippen LogP contribution in [0.25, 0.3) is 9.88 Å². The Kier molecular flexibility index (Phi) is 5.50. The molecule has 0 bridgehead atoms. The van der Waals surface area contributed by atoms with Crippen molar-refractivity contribution in [1.82, 2.24) is 9.88 Å². The molecular formula is C20H17FN2O3S2. The van der Waals surface area contributed by atoms with E-state index in [1.807, 2.05) is 17.5 Å². The van der Waals surface area contributed by atoms with Crippen LogP contribution in [0.5, 0.6) is 0 Å². The summed E-state index contributed by atoms with van der Waals surface area (Å²) < 4.78 is 19.1. The fraction of sp³-hybridized carbons (Fsp3) is 0.250. The Labute approximate surface area is 169 Å². The van der Waals surface area contributed by atoms with Gasteiger partial charge in [-0.25, -0.2) is 14.2 Å². The number of hydrogen-bond acceptors (Lipinski definition) is 6. The summed E-state index contributed by atoms with van der Waals surface area (Å²) in [5.41, 5.74) is 0.641. The molecule has 1 aliphatic carbocycles. The number of carbonyl (C=O) groups is 2. The molecule has 0 spiro atoms. The lowest BCUT2D eigenvalue weighted by molar-refractivity contribution is -0.135. The molecule has 28 heavy (non-hydrogen) atoms. The molecular weight excluding hydrogens is 399 g/mol. The molecule has 1 aliphatic rings. The van der Waals surface area contributed by atoms with E-state index < -0.39 is 5.97 Å². The third-order valence-corrected chi connectivity index (χ3v) is 6.26. The van der Waals surface area contributed by atoms with Crippen molar-refractivity contribution in [2.45, 2.75) is 25.4 Å². The average Bonchev–Trinajstić information content (AvgIpc) is 3.18. The third-order valence-electron chi connectivity index (χ3n) is 4.38. The number of benzene rings is 1. The minimum absolute atomic E-state index is 0.0792. The van der Waals surface area contributed by atoms with E-state index in [0.29, 0.717) is 5.56 Å². The van der Waals surface area contributed by atoms with E-state index in [4.69, 9.17) is 4.74 Å². The number of ether oxygens (including phenoxy) is 1. The molecule has 1 fully saturated rings. The Bertz CT molecular complexity index is 983. The molecule has 0 atom stereocenters. The molecule has 1 saturated carbocycles. The van der Waals surface area contributed by atoms with E-state index in [1.165, 1.54) is 28.7 Å². The first kappa shape index (κ1) is 18.8. The van der Waals surface area contributed by atoms with Gasteiger partial charge in [0.2, 0.25) is 0 Å². The van der Waals surface area contributed by atoms with Crippen molar-refractivity contribution in [1.29, 1.82) is 0 Å². The standard InChI is InChI=1S/C20H17FN2O3S2/c21-15-5-2-1-4-13(15)10-23(14-7-8-14)18(24)11-26-20(25)16-12-28-19(22-16)17-6-3-9-27-17/h1-6,9,12,14H,7-8,10-11H2. The molecule has 4 rings (SSSR count). The Hall–Kier alpha value is -2.58. The summed E-state index contributed by atoms with van der Waals surface area (Å²) in [6, 6.07) is 10.3. The van der Waals surface area contributed by atoms with E-state index in [2.05, 4.69) is 4.98 Å². The van der Waals surface area contributed by atoms with Crippen molar-refractivity contribution < 1.29 is 18.7 Å². The number of esters is 1. The highest BCUT2D eigenvalue weighted by Crippen LogP contribution is 2.30. The second-order valence-electron chi connectivity index (χ2n) is 6.44. The summed E-state index contributed by atoms with van der Waals surface area (Å²) in [6.45, 7) is -0.206. The maximum absolute atomic E-state index is 13.9. The van der Waals surface area contributed by atoms with Gasteiger partial charge >= 0.3 is 5.97 Å². The summed E-state index contributed by atoms with van der Waals surface area (Å²) >= 11 is 2.90. The van der Waals surface area contributed by atoms with Crippen molar-refractivity contribution in [3.63, 3.8) is 0 Å². The second-order valence-corrected chi connectivity index (χ2v) is 8.24. The Morgan fingerprint density at radius 3 is 2.71 bits per heavy atom. The van der Waals surface area contributed by atoms with Crippen LogP contribution in [0.15, 0.2) is 47.2 Å². The Balaban J connectivity index is 1.37. The molecule has 3 aromatic rings. The quantitative estimate of drug-likeness (QED) is 0.537. The van der Waals surface area contributed by atoms with Crippen LogP contribution in [0.1, 0.15) is 28.9 Å². The van der Waals surface area contributed by atoms with Crippen LogP contribution in [0.4, 0.5) is 4.39 Å². The molecule has 0 saturated heterocycles. The van der Waals surface area contributed by atoms with Crippen molar-refractivity contribution in [2.75, 3.05) is 6.61 Å². The van der Waals surface area contributed by atoms with E-state index in [-0.39, 0.29) is 36.6 Å². The normalized spacial score (nSPS) is 13.3. The highest BCUT2D eigenvalue weighted by Gasteiger charge is 2.33. The summed E-state index contributed by atoms with van der Waals surface area (Å²) in [4.78, 5) is 31.7. The molecule has 2 aromatic heterocycles. The molecule has 0 N–H and O–H groups in total. The predicted octanol–water partition coefficient (Wildman–Crippen LogP) is 4.36. The summed E-state index contributed by atoms with van der Waals surface area (Å²) in [5.74, 6) is -1.30. The first-order chi connectivity index (χ1) is 13.6. The zero-order valence-electron chi connectivity index (χ0n) is 14.8. The Morgan fingerprint density at radius 2 is 2.00 bits per heavy atom. The summed E-state index contributed by atoms with van der Waals surface area (Å²) in [7, 11) is 0. The van der Waals surface area contributed by atoms with Crippen LogP contribution < -0.4 is 0 Å². The number of aromatic nitrogens is 1. The molecule has 1 aromatic carbocycles. The number of carbonyl (C=O) groups excluding carboxylic acids is 2. The van der Waals surface area contributed by atoms with Crippen LogP contribution >= 0.6 is 22.7 Å². The van der Waals surface area contributed by atoms with Gasteiger partial charge in [-0.15, -0.1) is 22.7 Å². The van der Waals surface area contributed by atoms with Gasteiger partial charge < -0.3 is 9.64 Å². The van der Waals surface area contributed by atoms with Crippen molar-refractivity contribution >= 4 is 34.6 Å². The van der Waals surface area contributed by atoms with Crippen LogP contribution in [-0.4, -0.2) is 34.4 Å². The number of rotatable bonds is 7. The first-order valence-electron chi connectivity index (χ1n) is 8.81. The van der Waals surface area contributed by atoms with Crippen LogP contribution in [0, 0.1) is 5.82 Å². The zero-order valence-corrected chi connectivity index (χ0v) is 16.5. The number of amides is 1. The predicted molar refractivity (Wildman–Crippen MR) is 106 cm³/mol. The summed E-state index contributed by atoms with van der Waals surface area (Å²) in [6.07, 6.45) is 1.76. The lowest BCUT2D eigenvalue weighted by atomic mass is 10.2. The minimum atomic E-state index is -0.631. The second kappa shape index (κ2) is 8.20. The van der Waals surface area contributed by atoms with Crippen molar-refractivity contribution in [2.24, 2.45) is 0 Å². The maximum atomic E-state index is 13.9. The molecule has 8 heteroatoms. The van der Waals surface area contributed by atoms with Gasteiger partial charge in [-0.3, -0.25) is 4.79 Å². The Morgan fingerprint density at radius 1 is 1.18 bits per heavy atom. The SMILES string of the molecule is O=C(OCC(=O)N(Cc1ccccc1F)C1CC1)c1csc(-c2cccs2)n1. The van der Waals surface area contributed by atoms with Crippen molar-refractivity contribution in [3.8, 4) is 9.88 Å². The van der Waals surface area contributed by atoms with Crippen LogP contribution in [-0.2, 0) is 16.1 Å². The zero-order chi connectivity index (χ0) is 19.5. The molecule has 5 nitrogen and oxygen atoms in total. The number of thiophene rings is 1. The first-order valence-corrected chi connectivity index (χ1v) is 10.6. The van der Waals surface area contributed by atoms with Crippen LogP contribution in [0.3, 0.4) is 0 Å². The van der Waals surface area contributed by atoms with Gasteiger partial charge in [0.05, 0.1) is 4.88 Å². The molecule has 0 aliphatic heterocycles. The minimum Gasteiger partial charge on any atom is -0.451 e. The van der Waals surface area contributed by atoms with Gasteiger partial charge in [-0.2, -0.15) is 0 Å². The largest absolute Gasteiger partial charge is 0.451 e. The number of thiazole rings is 1. The fourth-order valence-corrected chi connectivity index (χ4v) is 4.39. The van der Waals surface area contributed by atoms with Crippen molar-refractivity contribution in [3.05, 3.63) is 64.2 Å². The van der Waals surface area contributed by atoms with Gasteiger partial charge in [0.1, 0.15) is 10.8 Å². The third kappa shape index (κ3) is 4.28. The van der Waals surface area contributed by atoms with E-state index in [9.17, 15) is 14.0 Å². The van der Waals surface area contributed by atoms with Crippen LogP contribution in [0.2, 0.25) is 0 Å². The highest BCUT2D eigenvalue weighted by atomic mass is 32.1. The van der Waals surface area contributed by atoms with Gasteiger partial charge in [0.25, 0.3) is 5.91 Å². The fourth-order valence-electron chi connectivity index (χ4n) is 2.78. The molecule has 144 valence electrons. The van der Waals surface area contributed by atoms with Gasteiger partial charge in [0.15, 0.2) is 12.3 Å². The highest BCUT2D eigenvalue weighted by molar-refractivity contribution is 7.20. The number of nitrogens with zero attached hydrogens (tertiary/aromatic N) is 2. The number of halogens is 1. The molecule has 1 amide bonds. The molecule has 0 unspecified atom stereocenters. The van der Waals surface area contributed by atoms with E-state index in [1.54, 1.807) is 28.5 Å². The van der Waals surface area contributed by atoms with Gasteiger partial charge in [-0.05, 0) is 30.4 Å². The van der Waals surface area contributed by atoms with E-state index in [0.717, 1.165) is 22.7 Å². The average molecular weight is 416 g/mol. The van der Waals surface area contributed by atoms with Gasteiger partial charge in [0, 0.05) is 23.5 Å². The molecule has 2 heterocycles. The topological polar surface area (TPSA) is 59.5 Å². The monoisotopic (exact) mass is 416 g/mol.